The van der Waals surface area contributed by atoms with Gasteiger partial charge in [-0.2, -0.15) is 0 Å². The molecule has 1 aromatic rings. The Morgan fingerprint density at radius 3 is 2.84 bits per heavy atom. The normalized spacial score (nSPS) is 21.2. The van der Waals surface area contributed by atoms with Crippen LogP contribution in [0.3, 0.4) is 0 Å². The number of nitrogens with zero attached hydrogens (tertiary/aromatic N) is 2. The summed E-state index contributed by atoms with van der Waals surface area (Å²) >= 11 is 3.59. The van der Waals surface area contributed by atoms with E-state index in [0.717, 1.165) is 17.6 Å². The molecule has 2 N–H and O–H groups in total. The van der Waals surface area contributed by atoms with Crippen molar-refractivity contribution < 1.29 is 0 Å². The molecule has 106 valence electrons. The third-order valence-electron chi connectivity index (χ3n) is 3.75. The Kier molecular flexibility index (Phi) is 4.87. The highest BCUT2D eigenvalue weighted by Gasteiger charge is 2.27. The summed E-state index contributed by atoms with van der Waals surface area (Å²) in [6.07, 6.45) is 2.53. The van der Waals surface area contributed by atoms with Crippen LogP contribution in [0, 0.1) is 0 Å². The van der Waals surface area contributed by atoms with Crippen molar-refractivity contribution >= 4 is 21.6 Å². The van der Waals surface area contributed by atoms with Gasteiger partial charge in [-0.1, -0.05) is 22.0 Å². The van der Waals surface area contributed by atoms with Crippen molar-refractivity contribution in [1.29, 1.82) is 0 Å². The highest BCUT2D eigenvalue weighted by atomic mass is 79.9. The quantitative estimate of drug-likeness (QED) is 0.923. The third kappa shape index (κ3) is 3.50. The minimum absolute atomic E-state index is 0.0729. The van der Waals surface area contributed by atoms with Gasteiger partial charge in [0.25, 0.3) is 0 Å². The van der Waals surface area contributed by atoms with Crippen molar-refractivity contribution in [2.24, 2.45) is 5.73 Å². The van der Waals surface area contributed by atoms with Gasteiger partial charge in [-0.25, -0.2) is 0 Å². The fourth-order valence-electron chi connectivity index (χ4n) is 2.91. The van der Waals surface area contributed by atoms with E-state index in [1.54, 1.807) is 0 Å². The Morgan fingerprint density at radius 2 is 2.21 bits per heavy atom. The summed E-state index contributed by atoms with van der Waals surface area (Å²) in [5, 5.41) is 0. The molecule has 0 radical (unpaired) electrons. The van der Waals surface area contributed by atoms with E-state index >= 15 is 0 Å². The van der Waals surface area contributed by atoms with Crippen LogP contribution in [-0.2, 0) is 0 Å². The lowest BCUT2D eigenvalue weighted by Crippen LogP contribution is -2.38. The minimum atomic E-state index is 0.0729. The SMILES string of the molecule is CC(N)c1ccc(Br)cc1N1CCCC1CN(C)C. The van der Waals surface area contributed by atoms with Crippen LogP contribution in [0.25, 0.3) is 0 Å². The molecule has 2 atom stereocenters. The lowest BCUT2D eigenvalue weighted by atomic mass is 10.1. The first-order chi connectivity index (χ1) is 8.99. The van der Waals surface area contributed by atoms with Crippen molar-refractivity contribution in [2.75, 3.05) is 32.1 Å². The summed E-state index contributed by atoms with van der Waals surface area (Å²) < 4.78 is 1.13. The maximum atomic E-state index is 6.13. The van der Waals surface area contributed by atoms with Gasteiger partial charge in [-0.15, -0.1) is 0 Å². The molecule has 0 aliphatic carbocycles. The zero-order valence-corrected chi connectivity index (χ0v) is 13.7. The monoisotopic (exact) mass is 325 g/mol. The van der Waals surface area contributed by atoms with Crippen LogP contribution in [0.1, 0.15) is 31.4 Å². The number of hydrogen-bond acceptors (Lipinski definition) is 3. The predicted octanol–water partition coefficient (Wildman–Crippen LogP) is 3.00. The van der Waals surface area contributed by atoms with Gasteiger partial charge in [0.2, 0.25) is 0 Å². The fraction of sp³-hybridized carbons (Fsp3) is 0.600. The van der Waals surface area contributed by atoms with Gasteiger partial charge in [0.1, 0.15) is 0 Å². The molecule has 0 saturated carbocycles. The number of nitrogens with two attached hydrogens (primary N) is 1. The van der Waals surface area contributed by atoms with Crippen LogP contribution >= 0.6 is 15.9 Å². The molecule has 1 saturated heterocycles. The van der Waals surface area contributed by atoms with Crippen LogP contribution in [0.2, 0.25) is 0 Å². The average Bonchev–Trinajstić information content (AvgIpc) is 2.75. The standard InChI is InChI=1S/C15H24BrN3/c1-11(17)14-7-6-12(16)9-15(14)19-8-4-5-13(19)10-18(2)3/h6-7,9,11,13H,4-5,8,10,17H2,1-3H3. The smallest absolute Gasteiger partial charge is 0.0428 e. The number of halogens is 1. The van der Waals surface area contributed by atoms with Gasteiger partial charge >= 0.3 is 0 Å². The molecule has 1 aliphatic rings. The first kappa shape index (κ1) is 14.8. The van der Waals surface area contributed by atoms with Crippen LogP contribution in [-0.4, -0.2) is 38.1 Å². The summed E-state index contributed by atoms with van der Waals surface area (Å²) in [5.41, 5.74) is 8.67. The first-order valence-corrected chi connectivity index (χ1v) is 7.74. The van der Waals surface area contributed by atoms with E-state index in [1.807, 2.05) is 0 Å². The Balaban J connectivity index is 2.31. The van der Waals surface area contributed by atoms with Crippen LogP contribution < -0.4 is 10.6 Å². The molecule has 0 bridgehead atoms. The molecular weight excluding hydrogens is 302 g/mol. The minimum Gasteiger partial charge on any atom is -0.367 e. The number of hydrogen-bond donors (Lipinski definition) is 1. The van der Waals surface area contributed by atoms with Gasteiger partial charge in [-0.05, 0) is 51.6 Å². The van der Waals surface area contributed by atoms with Crippen LogP contribution in [0.4, 0.5) is 5.69 Å². The van der Waals surface area contributed by atoms with Crippen molar-refractivity contribution in [3.63, 3.8) is 0 Å². The molecule has 1 fully saturated rings. The lowest BCUT2D eigenvalue weighted by Gasteiger charge is -2.31. The second-order valence-corrected chi connectivity index (χ2v) is 6.66. The predicted molar refractivity (Wildman–Crippen MR) is 85.7 cm³/mol. The largest absolute Gasteiger partial charge is 0.367 e. The summed E-state index contributed by atoms with van der Waals surface area (Å²) in [4.78, 5) is 4.80. The topological polar surface area (TPSA) is 32.5 Å². The van der Waals surface area contributed by atoms with E-state index in [-0.39, 0.29) is 6.04 Å². The number of likely N-dealkylation sites (N-methyl/N-ethyl adjacent to an activating group) is 1. The molecular formula is C15H24BrN3. The third-order valence-corrected chi connectivity index (χ3v) is 4.24. The highest BCUT2D eigenvalue weighted by molar-refractivity contribution is 9.10. The van der Waals surface area contributed by atoms with Crippen molar-refractivity contribution in [3.8, 4) is 0 Å². The molecule has 0 aromatic heterocycles. The van der Waals surface area contributed by atoms with E-state index < -0.39 is 0 Å². The Bertz CT molecular complexity index is 431. The average molecular weight is 326 g/mol. The summed E-state index contributed by atoms with van der Waals surface area (Å²) in [5.74, 6) is 0. The van der Waals surface area contributed by atoms with Crippen LogP contribution in [0.15, 0.2) is 22.7 Å². The molecule has 0 spiro atoms. The number of rotatable bonds is 4. The molecule has 2 rings (SSSR count). The number of benzene rings is 1. The second-order valence-electron chi connectivity index (χ2n) is 5.74. The molecule has 19 heavy (non-hydrogen) atoms. The van der Waals surface area contributed by atoms with Gasteiger partial charge in [-0.3, -0.25) is 0 Å². The first-order valence-electron chi connectivity index (χ1n) is 6.95. The summed E-state index contributed by atoms with van der Waals surface area (Å²) in [7, 11) is 4.29. The van der Waals surface area contributed by atoms with E-state index in [2.05, 4.69) is 64.9 Å². The molecule has 1 aromatic carbocycles. The van der Waals surface area contributed by atoms with Crippen LogP contribution in [0.5, 0.6) is 0 Å². The Hall–Kier alpha value is -0.580. The number of anilines is 1. The van der Waals surface area contributed by atoms with E-state index in [1.165, 1.54) is 24.1 Å². The highest BCUT2D eigenvalue weighted by Crippen LogP contribution is 2.33. The molecule has 4 heteroatoms. The molecule has 2 unspecified atom stereocenters. The lowest BCUT2D eigenvalue weighted by molar-refractivity contribution is 0.372. The maximum absolute atomic E-state index is 6.13. The molecule has 3 nitrogen and oxygen atoms in total. The zero-order chi connectivity index (χ0) is 14.0. The molecule has 1 aliphatic heterocycles. The molecule has 1 heterocycles. The Morgan fingerprint density at radius 1 is 1.47 bits per heavy atom. The maximum Gasteiger partial charge on any atom is 0.0428 e. The second kappa shape index (κ2) is 6.25. The zero-order valence-electron chi connectivity index (χ0n) is 12.1. The van der Waals surface area contributed by atoms with E-state index in [9.17, 15) is 0 Å². The van der Waals surface area contributed by atoms with E-state index in [0.29, 0.717) is 6.04 Å². The van der Waals surface area contributed by atoms with Crippen molar-refractivity contribution in [1.82, 2.24) is 4.90 Å². The van der Waals surface area contributed by atoms with Crippen molar-refractivity contribution in [3.05, 3.63) is 28.2 Å². The summed E-state index contributed by atoms with van der Waals surface area (Å²) in [6.45, 7) is 4.29. The van der Waals surface area contributed by atoms with Gasteiger partial charge < -0.3 is 15.5 Å². The van der Waals surface area contributed by atoms with Gasteiger partial charge in [0.15, 0.2) is 0 Å². The van der Waals surface area contributed by atoms with Crippen molar-refractivity contribution in [2.45, 2.75) is 31.8 Å². The fourth-order valence-corrected chi connectivity index (χ4v) is 3.26. The Labute approximate surface area is 124 Å². The van der Waals surface area contributed by atoms with Gasteiger partial charge in [0, 0.05) is 35.3 Å². The van der Waals surface area contributed by atoms with E-state index in [4.69, 9.17) is 5.73 Å². The molecule has 0 amide bonds. The van der Waals surface area contributed by atoms with Gasteiger partial charge in [0.05, 0.1) is 0 Å². The summed E-state index contributed by atoms with van der Waals surface area (Å²) in [6, 6.07) is 7.12.